The van der Waals surface area contributed by atoms with Crippen molar-refractivity contribution in [1.29, 1.82) is 0 Å². The van der Waals surface area contributed by atoms with Gasteiger partial charge < -0.3 is 14.9 Å². The Labute approximate surface area is 116 Å². The molecule has 9 nitrogen and oxygen atoms in total. The van der Waals surface area contributed by atoms with E-state index in [0.717, 1.165) is 4.31 Å². The number of nitrogens with one attached hydrogen (secondary N) is 1. The minimum Gasteiger partial charge on any atom is -0.481 e. The van der Waals surface area contributed by atoms with Crippen LogP contribution in [-0.2, 0) is 24.5 Å². The van der Waals surface area contributed by atoms with E-state index in [0.29, 0.717) is 0 Å². The van der Waals surface area contributed by atoms with Gasteiger partial charge in [-0.05, 0) is 13.8 Å². The van der Waals surface area contributed by atoms with Crippen LogP contribution in [0.15, 0.2) is 0 Å². The first-order valence-corrected chi connectivity index (χ1v) is 7.43. The molecule has 1 heterocycles. The summed E-state index contributed by atoms with van der Waals surface area (Å²) in [6, 6.07) is -1.70. The third-order valence-corrected chi connectivity index (χ3v) is 4.25. The fourth-order valence-corrected chi connectivity index (χ4v) is 3.44. The largest absolute Gasteiger partial charge is 0.481 e. The van der Waals surface area contributed by atoms with Gasteiger partial charge in [-0.1, -0.05) is 0 Å². The number of carbonyl (C=O) groups is 2. The SMILES string of the molecule is CC1CN(S(=O)(=O)N[C@@H](CC(=O)O)C(=O)O)CC(C)O1. The van der Waals surface area contributed by atoms with E-state index in [1.54, 1.807) is 13.8 Å². The first-order chi connectivity index (χ1) is 9.11. The van der Waals surface area contributed by atoms with Crippen LogP contribution in [0.1, 0.15) is 20.3 Å². The molecule has 1 aliphatic rings. The predicted octanol–water partition coefficient (Wildman–Crippen LogP) is -1.14. The highest BCUT2D eigenvalue weighted by Crippen LogP contribution is 2.14. The second-order valence-corrected chi connectivity index (χ2v) is 6.39. The number of ether oxygens (including phenoxy) is 1. The lowest BCUT2D eigenvalue weighted by molar-refractivity contribution is -0.145. The van der Waals surface area contributed by atoms with Crippen molar-refractivity contribution in [1.82, 2.24) is 9.03 Å². The number of morpholine rings is 1. The van der Waals surface area contributed by atoms with Gasteiger partial charge in [0.05, 0.1) is 18.6 Å². The zero-order valence-corrected chi connectivity index (χ0v) is 12.0. The Kier molecular flexibility index (Phi) is 5.45. The number of hydrogen-bond acceptors (Lipinski definition) is 5. The van der Waals surface area contributed by atoms with Crippen molar-refractivity contribution < 1.29 is 33.0 Å². The molecule has 0 saturated carbocycles. The fraction of sp³-hybridized carbons (Fsp3) is 0.800. The van der Waals surface area contributed by atoms with Crippen LogP contribution in [0.5, 0.6) is 0 Å². The maximum absolute atomic E-state index is 12.1. The van der Waals surface area contributed by atoms with Crippen molar-refractivity contribution in [2.45, 2.75) is 38.5 Å². The molecular weight excluding hydrogens is 292 g/mol. The molecule has 0 radical (unpaired) electrons. The maximum atomic E-state index is 12.1. The summed E-state index contributed by atoms with van der Waals surface area (Å²) in [6.07, 6.45) is -1.47. The Morgan fingerprint density at radius 2 is 1.80 bits per heavy atom. The average Bonchev–Trinajstić information content (AvgIpc) is 2.25. The molecule has 116 valence electrons. The summed E-state index contributed by atoms with van der Waals surface area (Å²) in [5.41, 5.74) is 0. The van der Waals surface area contributed by atoms with Crippen molar-refractivity contribution in [2.75, 3.05) is 13.1 Å². The lowest BCUT2D eigenvalue weighted by atomic mass is 10.2. The van der Waals surface area contributed by atoms with Crippen molar-refractivity contribution in [3.63, 3.8) is 0 Å². The smallest absolute Gasteiger partial charge is 0.322 e. The van der Waals surface area contributed by atoms with Gasteiger partial charge >= 0.3 is 11.9 Å². The molecule has 0 spiro atoms. The normalized spacial score (nSPS) is 26.1. The molecule has 2 unspecified atom stereocenters. The molecule has 3 N–H and O–H groups in total. The minimum atomic E-state index is -4.08. The number of carboxylic acids is 2. The highest BCUT2D eigenvalue weighted by Gasteiger charge is 2.34. The van der Waals surface area contributed by atoms with Crippen LogP contribution >= 0.6 is 0 Å². The monoisotopic (exact) mass is 310 g/mol. The molecule has 10 heteroatoms. The van der Waals surface area contributed by atoms with E-state index in [4.69, 9.17) is 14.9 Å². The van der Waals surface area contributed by atoms with E-state index in [9.17, 15) is 18.0 Å². The Morgan fingerprint density at radius 3 is 2.20 bits per heavy atom. The number of nitrogens with zero attached hydrogens (tertiary/aromatic N) is 1. The Balaban J connectivity index is 2.81. The summed E-state index contributed by atoms with van der Waals surface area (Å²) < 4.78 is 32.5. The first kappa shape index (κ1) is 16.8. The molecule has 0 bridgehead atoms. The summed E-state index contributed by atoms with van der Waals surface area (Å²) in [5, 5.41) is 17.4. The zero-order chi connectivity index (χ0) is 15.5. The fourth-order valence-electron chi connectivity index (χ4n) is 1.94. The predicted molar refractivity (Wildman–Crippen MR) is 67.3 cm³/mol. The molecule has 0 aromatic heterocycles. The number of carboxylic acid groups (broad SMARTS) is 2. The van der Waals surface area contributed by atoms with Gasteiger partial charge in [-0.2, -0.15) is 17.4 Å². The molecule has 20 heavy (non-hydrogen) atoms. The van der Waals surface area contributed by atoms with Gasteiger partial charge in [0.2, 0.25) is 0 Å². The van der Waals surface area contributed by atoms with Crippen LogP contribution in [0, 0.1) is 0 Å². The molecule has 1 saturated heterocycles. The summed E-state index contributed by atoms with van der Waals surface area (Å²) in [6.45, 7) is 3.56. The maximum Gasteiger partial charge on any atom is 0.322 e. The van der Waals surface area contributed by atoms with Gasteiger partial charge in [0.25, 0.3) is 10.2 Å². The van der Waals surface area contributed by atoms with E-state index in [2.05, 4.69) is 0 Å². The van der Waals surface area contributed by atoms with Crippen LogP contribution in [0.3, 0.4) is 0 Å². The lowest BCUT2D eigenvalue weighted by Gasteiger charge is -2.34. The van der Waals surface area contributed by atoms with Crippen LogP contribution in [-0.4, -0.2) is 66.2 Å². The van der Waals surface area contributed by atoms with Gasteiger partial charge in [-0.3, -0.25) is 9.59 Å². The molecule has 0 aliphatic carbocycles. The van der Waals surface area contributed by atoms with Crippen LogP contribution < -0.4 is 4.72 Å². The van der Waals surface area contributed by atoms with E-state index >= 15 is 0 Å². The van der Waals surface area contributed by atoms with Gasteiger partial charge in [-0.15, -0.1) is 0 Å². The highest BCUT2D eigenvalue weighted by molar-refractivity contribution is 7.87. The summed E-state index contributed by atoms with van der Waals surface area (Å²) in [5.74, 6) is -2.94. The zero-order valence-electron chi connectivity index (χ0n) is 11.1. The van der Waals surface area contributed by atoms with Crippen molar-refractivity contribution in [3.8, 4) is 0 Å². The standard InChI is InChI=1S/C10H18N2O7S/c1-6-4-12(5-7(2)19-6)20(17,18)11-8(10(15)16)3-9(13)14/h6-8,11H,3-5H2,1-2H3,(H,13,14)(H,15,16)/t6?,7?,8-/m0/s1. The molecule has 1 fully saturated rings. The Morgan fingerprint density at radius 1 is 1.30 bits per heavy atom. The molecule has 1 aliphatic heterocycles. The van der Waals surface area contributed by atoms with Gasteiger partial charge in [0.1, 0.15) is 6.04 Å². The van der Waals surface area contributed by atoms with Crippen molar-refractivity contribution >= 4 is 22.1 Å². The van der Waals surface area contributed by atoms with E-state index in [-0.39, 0.29) is 25.3 Å². The molecule has 0 aromatic rings. The second kappa shape index (κ2) is 6.48. The van der Waals surface area contributed by atoms with Crippen molar-refractivity contribution in [2.24, 2.45) is 0 Å². The lowest BCUT2D eigenvalue weighted by Crippen LogP contribution is -2.55. The van der Waals surface area contributed by atoms with Gasteiger partial charge in [0, 0.05) is 13.1 Å². The van der Waals surface area contributed by atoms with Crippen LogP contribution in [0.2, 0.25) is 0 Å². The third kappa shape index (κ3) is 4.71. The molecule has 1 rings (SSSR count). The number of hydrogen-bond donors (Lipinski definition) is 3. The number of rotatable bonds is 6. The Bertz CT molecular complexity index is 468. The van der Waals surface area contributed by atoms with Crippen LogP contribution in [0.4, 0.5) is 0 Å². The third-order valence-electron chi connectivity index (χ3n) is 2.69. The minimum absolute atomic E-state index is 0.0824. The van der Waals surface area contributed by atoms with Crippen LogP contribution in [0.25, 0.3) is 0 Å². The topological polar surface area (TPSA) is 133 Å². The molecule has 3 atom stereocenters. The summed E-state index contributed by atoms with van der Waals surface area (Å²) in [4.78, 5) is 21.4. The van der Waals surface area contributed by atoms with Gasteiger partial charge in [0.15, 0.2) is 0 Å². The Hall–Kier alpha value is -1.23. The van der Waals surface area contributed by atoms with Crippen molar-refractivity contribution in [3.05, 3.63) is 0 Å². The summed E-state index contributed by atoms with van der Waals surface area (Å²) >= 11 is 0. The average molecular weight is 310 g/mol. The van der Waals surface area contributed by atoms with Gasteiger partial charge in [-0.25, -0.2) is 0 Å². The number of aliphatic carboxylic acids is 2. The van der Waals surface area contributed by atoms with E-state index in [1.807, 2.05) is 4.72 Å². The first-order valence-electron chi connectivity index (χ1n) is 5.99. The second-order valence-electron chi connectivity index (χ2n) is 4.69. The van der Waals surface area contributed by atoms with E-state index in [1.165, 1.54) is 0 Å². The quantitative estimate of drug-likeness (QED) is 0.564. The highest BCUT2D eigenvalue weighted by atomic mass is 32.2. The molecule has 0 amide bonds. The summed E-state index contributed by atoms with van der Waals surface area (Å²) in [7, 11) is -4.08. The molecule has 0 aromatic carbocycles. The molecular formula is C10H18N2O7S. The van der Waals surface area contributed by atoms with E-state index < -0.39 is 34.6 Å².